The van der Waals surface area contributed by atoms with Crippen LogP contribution < -0.4 is 5.32 Å². The van der Waals surface area contributed by atoms with E-state index in [0.29, 0.717) is 5.69 Å². The Morgan fingerprint density at radius 1 is 1.53 bits per heavy atom. The minimum absolute atomic E-state index is 0.283. The first-order chi connectivity index (χ1) is 7.02. The van der Waals surface area contributed by atoms with E-state index in [0.717, 1.165) is 0 Å². The van der Waals surface area contributed by atoms with Crippen LogP contribution in [0, 0.1) is 6.92 Å². The van der Waals surface area contributed by atoms with Gasteiger partial charge in [-0.25, -0.2) is 9.97 Å². The average Bonchev–Trinajstić information content (AvgIpc) is 2.18. The van der Waals surface area contributed by atoms with E-state index < -0.39 is 17.9 Å². The Bertz CT molecular complexity index is 392. The zero-order valence-electron chi connectivity index (χ0n) is 8.39. The van der Waals surface area contributed by atoms with Crippen LogP contribution in [0.1, 0.15) is 23.0 Å². The molecule has 0 bridgehead atoms. The van der Waals surface area contributed by atoms with Crippen LogP contribution in [0.25, 0.3) is 0 Å². The van der Waals surface area contributed by atoms with E-state index in [1.807, 2.05) is 0 Å². The van der Waals surface area contributed by atoms with Crippen molar-refractivity contribution in [1.82, 2.24) is 15.3 Å². The van der Waals surface area contributed by atoms with Gasteiger partial charge < -0.3 is 10.4 Å². The second kappa shape index (κ2) is 4.50. The van der Waals surface area contributed by atoms with Gasteiger partial charge in [-0.3, -0.25) is 9.59 Å². The van der Waals surface area contributed by atoms with Crippen LogP contribution >= 0.6 is 0 Å². The Kier molecular flexibility index (Phi) is 3.33. The molecule has 15 heavy (non-hydrogen) atoms. The molecule has 0 saturated carbocycles. The van der Waals surface area contributed by atoms with Gasteiger partial charge in [-0.1, -0.05) is 0 Å². The molecule has 1 rings (SSSR count). The fourth-order valence-electron chi connectivity index (χ4n) is 0.950. The Morgan fingerprint density at radius 2 is 2.20 bits per heavy atom. The molecule has 1 aromatic rings. The lowest BCUT2D eigenvalue weighted by atomic mass is 10.2. The molecule has 6 heteroatoms. The number of rotatable bonds is 3. The summed E-state index contributed by atoms with van der Waals surface area (Å²) in [5, 5.41) is 10.9. The van der Waals surface area contributed by atoms with Gasteiger partial charge in [0.2, 0.25) is 0 Å². The summed E-state index contributed by atoms with van der Waals surface area (Å²) < 4.78 is 0. The smallest absolute Gasteiger partial charge is 0.325 e. The third-order valence-electron chi connectivity index (χ3n) is 1.87. The van der Waals surface area contributed by atoms with Crippen molar-refractivity contribution in [2.75, 3.05) is 0 Å². The molecule has 1 unspecified atom stereocenters. The number of amides is 1. The van der Waals surface area contributed by atoms with Gasteiger partial charge in [0.15, 0.2) is 0 Å². The van der Waals surface area contributed by atoms with E-state index in [4.69, 9.17) is 5.11 Å². The van der Waals surface area contributed by atoms with E-state index in [1.54, 1.807) is 6.92 Å². The Hall–Kier alpha value is -1.98. The van der Waals surface area contributed by atoms with E-state index in [1.165, 1.54) is 19.4 Å². The Morgan fingerprint density at radius 3 is 2.73 bits per heavy atom. The summed E-state index contributed by atoms with van der Waals surface area (Å²) in [6, 6.07) is -0.933. The maximum absolute atomic E-state index is 11.5. The van der Waals surface area contributed by atoms with Gasteiger partial charge in [0.25, 0.3) is 5.91 Å². The molecule has 0 radical (unpaired) electrons. The minimum atomic E-state index is -1.09. The van der Waals surface area contributed by atoms with Crippen molar-refractivity contribution in [3.8, 4) is 0 Å². The predicted molar refractivity (Wildman–Crippen MR) is 51.3 cm³/mol. The molecule has 0 aliphatic rings. The van der Waals surface area contributed by atoms with E-state index in [-0.39, 0.29) is 5.56 Å². The number of carboxylic acid groups (broad SMARTS) is 1. The molecule has 1 heterocycles. The van der Waals surface area contributed by atoms with Crippen LogP contribution in [0.15, 0.2) is 12.5 Å². The maximum atomic E-state index is 11.5. The number of aromatic nitrogens is 2. The van der Waals surface area contributed by atoms with Crippen molar-refractivity contribution in [2.24, 2.45) is 0 Å². The van der Waals surface area contributed by atoms with Gasteiger partial charge in [0, 0.05) is 6.20 Å². The summed E-state index contributed by atoms with van der Waals surface area (Å²) in [7, 11) is 0. The first-order valence-electron chi connectivity index (χ1n) is 4.32. The number of aliphatic carboxylic acids is 1. The molecule has 0 aliphatic carbocycles. The largest absolute Gasteiger partial charge is 0.480 e. The van der Waals surface area contributed by atoms with Crippen molar-refractivity contribution in [3.05, 3.63) is 23.8 Å². The molecule has 1 amide bonds. The lowest BCUT2D eigenvalue weighted by Crippen LogP contribution is -2.38. The first kappa shape index (κ1) is 11.1. The van der Waals surface area contributed by atoms with Crippen LogP contribution in [-0.2, 0) is 4.79 Å². The van der Waals surface area contributed by atoms with Crippen LogP contribution in [0.2, 0.25) is 0 Å². The van der Waals surface area contributed by atoms with Crippen molar-refractivity contribution in [3.63, 3.8) is 0 Å². The topological polar surface area (TPSA) is 92.2 Å². The normalized spacial score (nSPS) is 11.9. The highest BCUT2D eigenvalue weighted by Crippen LogP contribution is 2.01. The van der Waals surface area contributed by atoms with E-state index in [2.05, 4.69) is 15.3 Å². The number of hydrogen-bond donors (Lipinski definition) is 2. The SMILES string of the molecule is Cc1ncncc1C(=O)NC(C)C(=O)O. The molecule has 1 aromatic heterocycles. The predicted octanol–water partition coefficient (Wildman–Crippen LogP) is -0.0121. The molecule has 0 fully saturated rings. The highest BCUT2D eigenvalue weighted by Gasteiger charge is 2.16. The third kappa shape index (κ3) is 2.73. The zero-order chi connectivity index (χ0) is 11.4. The Balaban J connectivity index is 2.78. The number of hydrogen-bond acceptors (Lipinski definition) is 4. The molecule has 0 saturated heterocycles. The zero-order valence-corrected chi connectivity index (χ0v) is 8.39. The highest BCUT2D eigenvalue weighted by atomic mass is 16.4. The van der Waals surface area contributed by atoms with Gasteiger partial charge in [0.1, 0.15) is 12.4 Å². The number of nitrogens with zero attached hydrogens (tertiary/aromatic N) is 2. The molecule has 6 nitrogen and oxygen atoms in total. The molecular formula is C9H11N3O3. The summed E-state index contributed by atoms with van der Waals surface area (Å²) in [5.74, 6) is -1.57. The molecule has 2 N–H and O–H groups in total. The number of nitrogens with one attached hydrogen (secondary N) is 1. The molecule has 1 atom stereocenters. The lowest BCUT2D eigenvalue weighted by Gasteiger charge is -2.09. The van der Waals surface area contributed by atoms with Gasteiger partial charge in [-0.15, -0.1) is 0 Å². The van der Waals surface area contributed by atoms with Crippen LogP contribution in [0.4, 0.5) is 0 Å². The van der Waals surface area contributed by atoms with Crippen molar-refractivity contribution in [2.45, 2.75) is 19.9 Å². The van der Waals surface area contributed by atoms with Gasteiger partial charge in [0.05, 0.1) is 11.3 Å². The number of carboxylic acids is 1. The van der Waals surface area contributed by atoms with Crippen molar-refractivity contribution < 1.29 is 14.7 Å². The first-order valence-corrected chi connectivity index (χ1v) is 4.32. The van der Waals surface area contributed by atoms with Crippen molar-refractivity contribution in [1.29, 1.82) is 0 Å². The van der Waals surface area contributed by atoms with E-state index in [9.17, 15) is 9.59 Å². The monoisotopic (exact) mass is 209 g/mol. The quantitative estimate of drug-likeness (QED) is 0.730. The van der Waals surface area contributed by atoms with Gasteiger partial charge in [-0.05, 0) is 13.8 Å². The van der Waals surface area contributed by atoms with E-state index >= 15 is 0 Å². The van der Waals surface area contributed by atoms with Gasteiger partial charge in [-0.2, -0.15) is 0 Å². The Labute approximate surface area is 86.4 Å². The standard InChI is InChI=1S/C9H11N3O3/c1-5-7(3-10-4-11-5)8(13)12-6(2)9(14)15/h3-4,6H,1-2H3,(H,12,13)(H,14,15). The fraction of sp³-hybridized carbons (Fsp3) is 0.333. The summed E-state index contributed by atoms with van der Waals surface area (Å²) >= 11 is 0. The second-order valence-electron chi connectivity index (χ2n) is 3.06. The number of carbonyl (C=O) groups excluding carboxylic acids is 1. The van der Waals surface area contributed by atoms with Crippen LogP contribution in [0.3, 0.4) is 0 Å². The molecule has 0 aromatic carbocycles. The minimum Gasteiger partial charge on any atom is -0.480 e. The second-order valence-corrected chi connectivity index (χ2v) is 3.06. The summed E-state index contributed by atoms with van der Waals surface area (Å²) in [5.41, 5.74) is 0.797. The molecule has 0 aliphatic heterocycles. The maximum Gasteiger partial charge on any atom is 0.325 e. The summed E-state index contributed by atoms with van der Waals surface area (Å²) in [4.78, 5) is 29.6. The lowest BCUT2D eigenvalue weighted by molar-refractivity contribution is -0.138. The summed E-state index contributed by atoms with van der Waals surface area (Å²) in [6.07, 6.45) is 2.68. The van der Waals surface area contributed by atoms with Crippen molar-refractivity contribution >= 4 is 11.9 Å². The highest BCUT2D eigenvalue weighted by molar-refractivity contribution is 5.97. The van der Waals surface area contributed by atoms with Crippen LogP contribution in [-0.4, -0.2) is 33.0 Å². The molecule has 0 spiro atoms. The molecular weight excluding hydrogens is 198 g/mol. The number of aryl methyl sites for hydroxylation is 1. The van der Waals surface area contributed by atoms with Gasteiger partial charge >= 0.3 is 5.97 Å². The number of carbonyl (C=O) groups is 2. The summed E-state index contributed by atoms with van der Waals surface area (Å²) in [6.45, 7) is 3.04. The molecule has 80 valence electrons. The fourth-order valence-corrected chi connectivity index (χ4v) is 0.950. The third-order valence-corrected chi connectivity index (χ3v) is 1.87. The average molecular weight is 209 g/mol. The van der Waals surface area contributed by atoms with Crippen LogP contribution in [0.5, 0.6) is 0 Å².